The third-order valence-electron chi connectivity index (χ3n) is 4.89. The van der Waals surface area contributed by atoms with Crippen LogP contribution in [0.1, 0.15) is 25.8 Å². The number of benzene rings is 1. The lowest BCUT2D eigenvalue weighted by molar-refractivity contribution is -0.136. The molecule has 2 aliphatic rings. The maximum atomic E-state index is 12.7. The van der Waals surface area contributed by atoms with Gasteiger partial charge in [-0.15, -0.1) is 0 Å². The first-order valence-electron chi connectivity index (χ1n) is 8.11. The molecule has 0 saturated carbocycles. The Morgan fingerprint density at radius 1 is 1.38 bits per heavy atom. The van der Waals surface area contributed by atoms with Gasteiger partial charge in [-0.1, -0.05) is 19.9 Å². The van der Waals surface area contributed by atoms with Crippen LogP contribution >= 0.6 is 0 Å². The number of carbonyl (C=O) groups is 2. The Hall–Kier alpha value is -2.12. The van der Waals surface area contributed by atoms with Crippen LogP contribution < -0.4 is 15.5 Å². The number of anilines is 2. The van der Waals surface area contributed by atoms with Gasteiger partial charge in [0, 0.05) is 30.4 Å². The van der Waals surface area contributed by atoms with Crippen LogP contribution in [0.4, 0.5) is 11.4 Å². The molecule has 0 fully saturated rings. The van der Waals surface area contributed by atoms with Gasteiger partial charge >= 0.3 is 0 Å². The minimum Gasteiger partial charge on any atom is -0.394 e. The molecule has 0 unspecified atom stereocenters. The molecule has 2 heterocycles. The average molecular weight is 333 g/mol. The highest BCUT2D eigenvalue weighted by Crippen LogP contribution is 2.45. The van der Waals surface area contributed by atoms with E-state index in [2.05, 4.69) is 10.6 Å². The van der Waals surface area contributed by atoms with Gasteiger partial charge in [-0.2, -0.15) is 0 Å². The molecule has 0 aromatic heterocycles. The summed E-state index contributed by atoms with van der Waals surface area (Å²) in [5.41, 5.74) is -0.133. The Bertz CT molecular complexity index is 690. The Balaban J connectivity index is 2.23. The van der Waals surface area contributed by atoms with Gasteiger partial charge in [-0.3, -0.25) is 9.59 Å². The van der Waals surface area contributed by atoms with E-state index in [4.69, 9.17) is 0 Å². The van der Waals surface area contributed by atoms with Crippen LogP contribution in [0.3, 0.4) is 0 Å². The second-order valence-corrected chi connectivity index (χ2v) is 6.91. The van der Waals surface area contributed by atoms with Gasteiger partial charge in [0.25, 0.3) is 5.91 Å². The van der Waals surface area contributed by atoms with E-state index in [1.54, 1.807) is 30.1 Å². The molecule has 4 N–H and O–H groups in total. The van der Waals surface area contributed by atoms with Crippen molar-refractivity contribution in [1.82, 2.24) is 5.32 Å². The monoisotopic (exact) mass is 333 g/mol. The summed E-state index contributed by atoms with van der Waals surface area (Å²) in [5, 5.41) is 26.2. The third-order valence-corrected chi connectivity index (χ3v) is 4.89. The van der Waals surface area contributed by atoms with Crippen molar-refractivity contribution in [3.05, 3.63) is 23.8 Å². The first kappa shape index (κ1) is 16.7. The molecule has 2 aliphatic heterocycles. The quantitative estimate of drug-likeness (QED) is 0.618. The Labute approximate surface area is 140 Å². The fourth-order valence-electron chi connectivity index (χ4n) is 3.79. The Morgan fingerprint density at radius 3 is 2.71 bits per heavy atom. The fourth-order valence-corrected chi connectivity index (χ4v) is 3.79. The summed E-state index contributed by atoms with van der Waals surface area (Å²) in [6.45, 7) is 3.52. The second-order valence-electron chi connectivity index (χ2n) is 6.91. The van der Waals surface area contributed by atoms with Gasteiger partial charge < -0.3 is 25.7 Å². The first-order chi connectivity index (χ1) is 11.3. The molecule has 24 heavy (non-hydrogen) atoms. The number of aliphatic hydroxyl groups is 2. The molecular weight excluding hydrogens is 310 g/mol. The van der Waals surface area contributed by atoms with E-state index in [-0.39, 0.29) is 24.9 Å². The van der Waals surface area contributed by atoms with E-state index in [0.29, 0.717) is 16.9 Å². The third kappa shape index (κ3) is 2.35. The lowest BCUT2D eigenvalue weighted by Crippen LogP contribution is -2.52. The van der Waals surface area contributed by atoms with Crippen molar-refractivity contribution in [3.63, 3.8) is 0 Å². The minimum atomic E-state index is -1.78. The van der Waals surface area contributed by atoms with Gasteiger partial charge in [0.2, 0.25) is 5.91 Å². The van der Waals surface area contributed by atoms with Gasteiger partial charge in [0.1, 0.15) is 6.04 Å². The molecule has 7 nitrogen and oxygen atoms in total. The molecule has 1 aromatic carbocycles. The number of rotatable bonds is 2. The zero-order chi connectivity index (χ0) is 17.6. The largest absolute Gasteiger partial charge is 0.394 e. The fraction of sp³-hybridized carbons (Fsp3) is 0.529. The van der Waals surface area contributed by atoms with E-state index in [1.807, 2.05) is 13.8 Å². The highest BCUT2D eigenvalue weighted by atomic mass is 16.3. The summed E-state index contributed by atoms with van der Waals surface area (Å²) in [6.07, 6.45) is -0.0796. The summed E-state index contributed by atoms with van der Waals surface area (Å²) in [6, 6.07) is 4.12. The van der Waals surface area contributed by atoms with E-state index in [0.717, 1.165) is 0 Å². The second kappa shape index (κ2) is 5.75. The molecule has 7 heteroatoms. The van der Waals surface area contributed by atoms with Gasteiger partial charge in [-0.05, 0) is 18.1 Å². The summed E-state index contributed by atoms with van der Waals surface area (Å²) in [4.78, 5) is 26.9. The SMILES string of the molecule is CC(C)[C@H]1C(=O)N[C@H](CO)C[C@]2(O)C(=O)Nc3cccc(c32)N1C. The Morgan fingerprint density at radius 2 is 2.08 bits per heavy atom. The van der Waals surface area contributed by atoms with Crippen molar-refractivity contribution in [2.45, 2.75) is 38.0 Å². The van der Waals surface area contributed by atoms with Crippen molar-refractivity contribution >= 4 is 23.2 Å². The van der Waals surface area contributed by atoms with E-state index >= 15 is 0 Å². The lowest BCUT2D eigenvalue weighted by atomic mass is 9.87. The molecule has 130 valence electrons. The van der Waals surface area contributed by atoms with Gasteiger partial charge in [0.15, 0.2) is 5.60 Å². The molecule has 1 aromatic rings. The van der Waals surface area contributed by atoms with E-state index in [1.165, 1.54) is 0 Å². The van der Waals surface area contributed by atoms with Crippen LogP contribution in [0.15, 0.2) is 18.2 Å². The van der Waals surface area contributed by atoms with Crippen LogP contribution in [0.5, 0.6) is 0 Å². The predicted octanol–water partition coefficient (Wildman–Crippen LogP) is 0.168. The summed E-state index contributed by atoms with van der Waals surface area (Å²) < 4.78 is 0. The van der Waals surface area contributed by atoms with Crippen LogP contribution in [0.25, 0.3) is 0 Å². The molecule has 0 spiro atoms. The smallest absolute Gasteiger partial charge is 0.261 e. The number of amides is 2. The highest BCUT2D eigenvalue weighted by Gasteiger charge is 2.50. The maximum Gasteiger partial charge on any atom is 0.261 e. The number of likely N-dealkylation sites (N-methyl/N-ethyl adjacent to an activating group) is 1. The van der Waals surface area contributed by atoms with Crippen molar-refractivity contribution in [1.29, 1.82) is 0 Å². The molecule has 0 bridgehead atoms. The van der Waals surface area contributed by atoms with Crippen molar-refractivity contribution in [3.8, 4) is 0 Å². The Kier molecular flexibility index (Phi) is 4.01. The number of hydrogen-bond acceptors (Lipinski definition) is 5. The lowest BCUT2D eigenvalue weighted by Gasteiger charge is -2.33. The zero-order valence-corrected chi connectivity index (χ0v) is 14.0. The van der Waals surface area contributed by atoms with Crippen LogP contribution in [0.2, 0.25) is 0 Å². The van der Waals surface area contributed by atoms with Crippen molar-refractivity contribution < 1.29 is 19.8 Å². The molecule has 3 atom stereocenters. The molecule has 0 radical (unpaired) electrons. The number of hydrogen-bond donors (Lipinski definition) is 4. The maximum absolute atomic E-state index is 12.7. The topological polar surface area (TPSA) is 102 Å². The van der Waals surface area contributed by atoms with Crippen LogP contribution in [-0.4, -0.2) is 47.8 Å². The summed E-state index contributed by atoms with van der Waals surface area (Å²) in [7, 11) is 1.78. The summed E-state index contributed by atoms with van der Waals surface area (Å²) >= 11 is 0. The normalized spacial score (nSPS) is 29.5. The van der Waals surface area contributed by atoms with E-state index < -0.39 is 23.6 Å². The van der Waals surface area contributed by atoms with Gasteiger partial charge in [0.05, 0.1) is 12.6 Å². The molecule has 2 amide bonds. The van der Waals surface area contributed by atoms with E-state index in [9.17, 15) is 19.8 Å². The number of nitrogens with one attached hydrogen (secondary N) is 2. The molecule has 3 rings (SSSR count). The van der Waals surface area contributed by atoms with Crippen molar-refractivity contribution in [2.24, 2.45) is 5.92 Å². The number of aliphatic hydroxyl groups excluding tert-OH is 1. The predicted molar refractivity (Wildman–Crippen MR) is 89.6 cm³/mol. The highest BCUT2D eigenvalue weighted by molar-refractivity contribution is 6.07. The first-order valence-corrected chi connectivity index (χ1v) is 8.11. The average Bonchev–Trinajstić information content (AvgIpc) is 2.78. The number of carbonyl (C=O) groups excluding carboxylic acids is 2. The minimum absolute atomic E-state index is 0.00135. The molecular formula is C17H23N3O4. The number of nitrogens with zero attached hydrogens (tertiary/aromatic N) is 1. The molecule has 0 aliphatic carbocycles. The van der Waals surface area contributed by atoms with Crippen LogP contribution in [-0.2, 0) is 15.2 Å². The molecule has 0 saturated heterocycles. The standard InChI is InChI=1S/C17H23N3O4/c1-9(2)14-15(22)18-10(8-21)7-17(24)13-11(19-16(17)23)5-4-6-12(13)20(14)3/h4-6,9-10,14,21,24H,7-8H2,1-3H3,(H,18,22)(H,19,23)/t10-,14-,17+/m0/s1. The zero-order valence-electron chi connectivity index (χ0n) is 14.0. The summed E-state index contributed by atoms with van der Waals surface area (Å²) in [5.74, 6) is -0.761. The van der Waals surface area contributed by atoms with Gasteiger partial charge in [-0.25, -0.2) is 0 Å². The van der Waals surface area contributed by atoms with Crippen LogP contribution in [0, 0.1) is 5.92 Å². The van der Waals surface area contributed by atoms with Crippen molar-refractivity contribution in [2.75, 3.05) is 23.9 Å².